The zero-order valence-corrected chi connectivity index (χ0v) is 36.6. The van der Waals surface area contributed by atoms with Gasteiger partial charge in [0, 0.05) is 28.7 Å². The number of hydrogen-bond donors (Lipinski definition) is 2. The summed E-state index contributed by atoms with van der Waals surface area (Å²) in [6, 6.07) is -1.08. The van der Waals surface area contributed by atoms with E-state index in [4.69, 9.17) is 43.8 Å². The van der Waals surface area contributed by atoms with E-state index in [0.29, 0.717) is 22.8 Å². The Balaban J connectivity index is 1.24. The van der Waals surface area contributed by atoms with Crippen molar-refractivity contribution < 1.29 is 59.8 Å². The Bertz CT molecular complexity index is 2190. The summed E-state index contributed by atoms with van der Waals surface area (Å²) in [4.78, 5) is 50.0. The van der Waals surface area contributed by atoms with E-state index in [-0.39, 0.29) is 40.4 Å². The standard InChI is InChI=1S/C33H44F2N10O11P2S2/c1-32(2,3)30(46)50-14-59-57(48)52-8-16-7-17(44-12-42-21-25(36)38-10-40-27(21)44)19(34)23(16)55-58(49,60-15-51-31(47)33(4,5)6)53-9-18-24(56-57)20(35)29(54-18)45-13-43-22-26(37)39-11-41-28(22)45/h10-13,16-20,23-24,29H,7-9,14-15H2,1-6H3,(H2,36,38,40)(H2,37,39,41)/t16-,17-,18-,19-,20+,23+,24+,29-,57?,58?/m1/s1. The molecule has 0 aromatic carbocycles. The molecular weight excluding hydrogens is 876 g/mol. The van der Waals surface area contributed by atoms with Crippen molar-refractivity contribution in [1.82, 2.24) is 39.0 Å². The van der Waals surface area contributed by atoms with Crippen molar-refractivity contribution in [3.05, 3.63) is 25.3 Å². The molecule has 4 N–H and O–H groups in total. The van der Waals surface area contributed by atoms with Gasteiger partial charge in [0.15, 0.2) is 35.3 Å². The van der Waals surface area contributed by atoms with Crippen LogP contribution in [0.1, 0.15) is 60.2 Å². The van der Waals surface area contributed by atoms with Gasteiger partial charge in [-0.3, -0.25) is 27.7 Å². The summed E-state index contributed by atoms with van der Waals surface area (Å²) in [5.41, 5.74) is 10.8. The number of imidazole rings is 2. The molecule has 2 aliphatic heterocycles. The number of hydrogen-bond acceptors (Lipinski definition) is 21. The molecule has 21 nitrogen and oxygen atoms in total. The van der Waals surface area contributed by atoms with Gasteiger partial charge in [-0.2, -0.15) is 0 Å². The average Bonchev–Trinajstić information content (AvgIpc) is 3.94. The Hall–Kier alpha value is -3.54. The zero-order chi connectivity index (χ0) is 43.4. The van der Waals surface area contributed by atoms with Crippen LogP contribution < -0.4 is 11.5 Å². The van der Waals surface area contributed by atoms with Gasteiger partial charge in [0.25, 0.3) is 0 Å². The number of fused-ring (bicyclic) bond motifs is 4. The normalized spacial score (nSPS) is 31.6. The third-order valence-electron chi connectivity index (χ3n) is 9.73. The molecule has 2 unspecified atom stereocenters. The van der Waals surface area contributed by atoms with E-state index < -0.39 is 110 Å². The molecule has 4 aromatic rings. The number of carbonyl (C=O) groups excluding carboxylic acids is 2. The molecule has 3 aliphatic rings. The lowest BCUT2D eigenvalue weighted by Crippen LogP contribution is -2.35. The van der Waals surface area contributed by atoms with Crippen LogP contribution in [0.5, 0.6) is 0 Å². The molecular formula is C33H44F2N10O11P2S2. The minimum Gasteiger partial charge on any atom is -0.454 e. The predicted octanol–water partition coefficient (Wildman–Crippen LogP) is 5.56. The maximum absolute atomic E-state index is 17.0. The second kappa shape index (κ2) is 17.0. The lowest BCUT2D eigenvalue weighted by atomic mass is 9.98. The van der Waals surface area contributed by atoms with Gasteiger partial charge in [-0.05, 0) is 48.0 Å². The van der Waals surface area contributed by atoms with Crippen molar-refractivity contribution in [3.8, 4) is 0 Å². The summed E-state index contributed by atoms with van der Waals surface area (Å²) < 4.78 is 107. The molecule has 2 saturated heterocycles. The van der Waals surface area contributed by atoms with E-state index in [9.17, 15) is 18.7 Å². The number of ether oxygens (including phenoxy) is 3. The maximum atomic E-state index is 17.0. The van der Waals surface area contributed by atoms with Gasteiger partial charge in [0.2, 0.25) is 0 Å². The van der Waals surface area contributed by atoms with Gasteiger partial charge >= 0.3 is 25.5 Å². The molecule has 1 aliphatic carbocycles. The Kier molecular flexibility index (Phi) is 12.6. The van der Waals surface area contributed by atoms with Crippen molar-refractivity contribution in [2.75, 3.05) is 36.6 Å². The SMILES string of the molecule is CC(C)(C)C(=O)OCSP1(=O)OC[C@H]2C[C@@H](n3cnc4c(N)ncnc43)[C@@H](F)[C@H]2OP(=O)(SCOC(=O)C(C)(C)C)OC[C@H]2O[C@@H](n3cnc4c(N)ncnc43)[C@@H](F)[C@H]2O1. The fraction of sp³-hybridized carbons (Fsp3) is 0.636. The largest absolute Gasteiger partial charge is 0.454 e. The van der Waals surface area contributed by atoms with Crippen molar-refractivity contribution in [1.29, 1.82) is 0 Å². The smallest absolute Gasteiger partial charge is 0.392 e. The molecule has 4 aromatic heterocycles. The molecule has 0 radical (unpaired) electrons. The number of nitrogens with zero attached hydrogens (tertiary/aromatic N) is 8. The van der Waals surface area contributed by atoms with Crippen LogP contribution in [0.2, 0.25) is 0 Å². The van der Waals surface area contributed by atoms with Gasteiger partial charge in [0.05, 0.1) is 42.7 Å². The molecule has 60 heavy (non-hydrogen) atoms. The van der Waals surface area contributed by atoms with Crippen LogP contribution in [0.4, 0.5) is 20.4 Å². The van der Waals surface area contributed by atoms with E-state index >= 15 is 8.78 Å². The summed E-state index contributed by atoms with van der Waals surface area (Å²) in [5, 5.41) is 0. The Morgan fingerprint density at radius 3 is 1.82 bits per heavy atom. The number of carbonyl (C=O) groups is 2. The van der Waals surface area contributed by atoms with Crippen LogP contribution >= 0.6 is 36.4 Å². The highest BCUT2D eigenvalue weighted by atomic mass is 32.7. The molecule has 7 rings (SSSR count). The third kappa shape index (κ3) is 9.14. The van der Waals surface area contributed by atoms with E-state index in [1.54, 1.807) is 41.5 Å². The summed E-state index contributed by atoms with van der Waals surface area (Å²) in [7, 11) is 0. The molecule has 1 saturated carbocycles. The molecule has 0 bridgehead atoms. The van der Waals surface area contributed by atoms with Gasteiger partial charge in [-0.15, -0.1) is 0 Å². The van der Waals surface area contributed by atoms with Crippen molar-refractivity contribution in [3.63, 3.8) is 0 Å². The predicted molar refractivity (Wildman–Crippen MR) is 213 cm³/mol. The van der Waals surface area contributed by atoms with Gasteiger partial charge in [0.1, 0.15) is 60.0 Å². The maximum Gasteiger partial charge on any atom is 0.392 e. The highest BCUT2D eigenvalue weighted by Gasteiger charge is 2.55. The second-order valence-electron chi connectivity index (χ2n) is 16.2. The molecule has 3 fully saturated rings. The van der Waals surface area contributed by atoms with E-state index in [2.05, 4.69) is 29.9 Å². The fourth-order valence-electron chi connectivity index (χ4n) is 6.54. The highest BCUT2D eigenvalue weighted by molar-refractivity contribution is 8.55. The minimum absolute atomic E-state index is 0.0113. The monoisotopic (exact) mass is 920 g/mol. The van der Waals surface area contributed by atoms with Crippen molar-refractivity contribution in [2.45, 2.75) is 90.9 Å². The van der Waals surface area contributed by atoms with Crippen LogP contribution in [0.3, 0.4) is 0 Å². The summed E-state index contributed by atoms with van der Waals surface area (Å²) in [6.45, 7) is -0.741. The second-order valence-corrected chi connectivity index (χ2v) is 24.1. The van der Waals surface area contributed by atoms with E-state index in [0.717, 1.165) is 6.33 Å². The number of anilines is 2. The highest BCUT2D eigenvalue weighted by Crippen LogP contribution is 2.67. The zero-order valence-electron chi connectivity index (χ0n) is 33.2. The molecule has 10 atom stereocenters. The molecule has 328 valence electrons. The van der Waals surface area contributed by atoms with E-state index in [1.165, 1.54) is 28.1 Å². The first-order chi connectivity index (χ1) is 28.2. The number of aromatic nitrogens is 8. The number of alkyl halides is 2. The first-order valence-corrected chi connectivity index (χ1v) is 24.7. The lowest BCUT2D eigenvalue weighted by Gasteiger charge is -2.31. The first kappa shape index (κ1) is 44.5. The topological polar surface area (TPSA) is 272 Å². The quantitative estimate of drug-likeness (QED) is 0.124. The average molecular weight is 921 g/mol. The van der Waals surface area contributed by atoms with Gasteiger partial charge in [-0.25, -0.2) is 47.8 Å². The number of rotatable bonds is 8. The molecule has 0 spiro atoms. The van der Waals surface area contributed by atoms with Crippen LogP contribution in [0.25, 0.3) is 22.3 Å². The Morgan fingerprint density at radius 2 is 1.27 bits per heavy atom. The van der Waals surface area contributed by atoms with Crippen molar-refractivity contribution >= 4 is 82.3 Å². The minimum atomic E-state index is -4.58. The lowest BCUT2D eigenvalue weighted by molar-refractivity contribution is -0.151. The van der Waals surface area contributed by atoms with Crippen LogP contribution in [0, 0.1) is 16.7 Å². The third-order valence-corrected chi connectivity index (χ3v) is 16.4. The van der Waals surface area contributed by atoms with Gasteiger partial charge < -0.3 is 34.8 Å². The number of nitrogens with two attached hydrogens (primary N) is 2. The summed E-state index contributed by atoms with van der Waals surface area (Å²) in [6.07, 6.45) is -5.70. The van der Waals surface area contributed by atoms with Crippen LogP contribution in [0.15, 0.2) is 25.3 Å². The van der Waals surface area contributed by atoms with Crippen LogP contribution in [-0.4, -0.2) is 107 Å². The number of esters is 2. The fourth-order valence-corrected chi connectivity index (χ4v) is 12.2. The molecule has 6 heterocycles. The number of halogens is 2. The Labute approximate surface area is 349 Å². The van der Waals surface area contributed by atoms with Gasteiger partial charge in [-0.1, -0.05) is 0 Å². The Morgan fingerprint density at radius 1 is 0.767 bits per heavy atom. The summed E-state index contributed by atoms with van der Waals surface area (Å²) in [5.74, 6) is -3.30. The first-order valence-electron chi connectivity index (χ1n) is 18.5. The van der Waals surface area contributed by atoms with Crippen LogP contribution in [-0.2, 0) is 51.0 Å². The molecule has 27 heteroatoms. The van der Waals surface area contributed by atoms with Crippen molar-refractivity contribution in [2.24, 2.45) is 16.7 Å². The summed E-state index contributed by atoms with van der Waals surface area (Å²) >= 11 is 0.924. The van der Waals surface area contributed by atoms with E-state index in [1.807, 2.05) is 0 Å². The number of nitrogen functional groups attached to an aromatic ring is 2. The molecule has 0 amide bonds.